The van der Waals surface area contributed by atoms with Crippen molar-refractivity contribution in [2.75, 3.05) is 5.32 Å². The van der Waals surface area contributed by atoms with Crippen molar-refractivity contribution in [1.82, 2.24) is 0 Å². The number of nitrogens with one attached hydrogen (secondary N) is 1. The van der Waals surface area contributed by atoms with Gasteiger partial charge in [0.25, 0.3) is 5.91 Å². The van der Waals surface area contributed by atoms with E-state index in [1.165, 1.54) is 12.1 Å². The number of halogens is 1. The molecule has 2 aromatic rings. The standard InChI is InChI=1S/C14H9ClN2O2/c15-8-1-6-12-11(7-8)13(14(19)17-12)16-9-2-4-10(18)5-3-9/h1-7,18H,(H,16,17,19). The molecule has 1 aliphatic heterocycles. The number of nitrogens with zero attached hydrogens (tertiary/aromatic N) is 1. The summed E-state index contributed by atoms with van der Waals surface area (Å²) in [4.78, 5) is 16.2. The fourth-order valence-corrected chi connectivity index (χ4v) is 2.06. The molecule has 0 atom stereocenters. The molecule has 0 saturated carbocycles. The van der Waals surface area contributed by atoms with Gasteiger partial charge in [0, 0.05) is 10.6 Å². The Morgan fingerprint density at radius 1 is 1.11 bits per heavy atom. The van der Waals surface area contributed by atoms with Crippen LogP contribution in [0.4, 0.5) is 11.4 Å². The van der Waals surface area contributed by atoms with Crippen LogP contribution in [0.5, 0.6) is 5.75 Å². The number of fused-ring (bicyclic) bond motifs is 1. The first-order valence-corrected chi connectivity index (χ1v) is 6.00. The van der Waals surface area contributed by atoms with Gasteiger partial charge in [0.1, 0.15) is 11.5 Å². The van der Waals surface area contributed by atoms with Crippen molar-refractivity contribution in [2.24, 2.45) is 4.99 Å². The summed E-state index contributed by atoms with van der Waals surface area (Å²) in [5.41, 5.74) is 2.30. The van der Waals surface area contributed by atoms with Crippen LogP contribution < -0.4 is 5.32 Å². The summed E-state index contributed by atoms with van der Waals surface area (Å²) >= 11 is 5.93. The molecule has 0 aromatic heterocycles. The second-order valence-corrected chi connectivity index (χ2v) is 4.56. The Morgan fingerprint density at radius 2 is 1.84 bits per heavy atom. The van der Waals surface area contributed by atoms with Gasteiger partial charge in [-0.15, -0.1) is 0 Å². The molecule has 2 N–H and O–H groups in total. The molecule has 2 aromatic carbocycles. The third-order valence-corrected chi connectivity index (χ3v) is 3.03. The van der Waals surface area contributed by atoms with Crippen LogP contribution in [0.1, 0.15) is 5.56 Å². The summed E-state index contributed by atoms with van der Waals surface area (Å²) in [6.45, 7) is 0. The van der Waals surface area contributed by atoms with E-state index in [2.05, 4.69) is 10.3 Å². The third-order valence-electron chi connectivity index (χ3n) is 2.79. The average Bonchev–Trinajstić information content (AvgIpc) is 2.69. The van der Waals surface area contributed by atoms with Crippen molar-refractivity contribution in [3.8, 4) is 5.75 Å². The van der Waals surface area contributed by atoms with Crippen LogP contribution in [0.3, 0.4) is 0 Å². The van der Waals surface area contributed by atoms with Gasteiger partial charge in [0.2, 0.25) is 0 Å². The zero-order chi connectivity index (χ0) is 13.4. The van der Waals surface area contributed by atoms with E-state index < -0.39 is 0 Å². The maximum atomic E-state index is 11.9. The summed E-state index contributed by atoms with van der Waals surface area (Å²) in [6, 6.07) is 11.5. The highest BCUT2D eigenvalue weighted by Crippen LogP contribution is 2.28. The molecule has 0 spiro atoms. The number of aliphatic imine (C=N–C) groups is 1. The van der Waals surface area contributed by atoms with Gasteiger partial charge in [-0.3, -0.25) is 4.79 Å². The first-order valence-electron chi connectivity index (χ1n) is 5.62. The Bertz CT molecular complexity index is 693. The second kappa shape index (κ2) is 4.40. The van der Waals surface area contributed by atoms with E-state index in [0.717, 1.165) is 0 Å². The van der Waals surface area contributed by atoms with Crippen molar-refractivity contribution in [3.63, 3.8) is 0 Å². The second-order valence-electron chi connectivity index (χ2n) is 4.12. The van der Waals surface area contributed by atoms with Gasteiger partial charge in [-0.05, 0) is 42.5 Å². The number of amides is 1. The fraction of sp³-hybridized carbons (Fsp3) is 0. The smallest absolute Gasteiger partial charge is 0.275 e. The van der Waals surface area contributed by atoms with E-state index in [1.54, 1.807) is 30.3 Å². The Balaban J connectivity index is 2.08. The molecule has 3 rings (SSSR count). The summed E-state index contributed by atoms with van der Waals surface area (Å²) in [6.07, 6.45) is 0. The fourth-order valence-electron chi connectivity index (χ4n) is 1.89. The summed E-state index contributed by atoms with van der Waals surface area (Å²) in [5.74, 6) is -0.103. The average molecular weight is 273 g/mol. The van der Waals surface area contributed by atoms with Gasteiger partial charge >= 0.3 is 0 Å². The van der Waals surface area contributed by atoms with E-state index in [4.69, 9.17) is 11.6 Å². The number of aromatic hydroxyl groups is 1. The largest absolute Gasteiger partial charge is 0.508 e. The molecule has 19 heavy (non-hydrogen) atoms. The van der Waals surface area contributed by atoms with Gasteiger partial charge in [-0.25, -0.2) is 4.99 Å². The first-order chi connectivity index (χ1) is 9.13. The van der Waals surface area contributed by atoms with Crippen molar-refractivity contribution < 1.29 is 9.90 Å². The van der Waals surface area contributed by atoms with Crippen molar-refractivity contribution >= 4 is 34.6 Å². The first kappa shape index (κ1) is 11.7. The van der Waals surface area contributed by atoms with Crippen LogP contribution in [0.15, 0.2) is 47.5 Å². The zero-order valence-corrected chi connectivity index (χ0v) is 10.5. The molecule has 1 amide bonds. The van der Waals surface area contributed by atoms with Crippen molar-refractivity contribution in [3.05, 3.63) is 53.1 Å². The Labute approximate surface area is 114 Å². The molecular formula is C14H9ClN2O2. The molecule has 1 aliphatic rings. The highest BCUT2D eigenvalue weighted by Gasteiger charge is 2.25. The number of carbonyl (C=O) groups is 1. The normalized spacial score (nSPS) is 15.4. The van der Waals surface area contributed by atoms with E-state index in [0.29, 0.717) is 27.7 Å². The van der Waals surface area contributed by atoms with E-state index in [9.17, 15) is 9.90 Å². The molecule has 0 aliphatic carbocycles. The molecule has 5 heteroatoms. The zero-order valence-electron chi connectivity index (χ0n) is 9.72. The molecule has 94 valence electrons. The number of hydrogen-bond donors (Lipinski definition) is 2. The summed E-state index contributed by atoms with van der Waals surface area (Å²) in [5, 5.41) is 12.5. The molecule has 4 nitrogen and oxygen atoms in total. The van der Waals surface area contributed by atoms with Crippen LogP contribution in [0, 0.1) is 0 Å². The summed E-state index contributed by atoms with van der Waals surface area (Å²) < 4.78 is 0. The van der Waals surface area contributed by atoms with Gasteiger partial charge in [-0.2, -0.15) is 0 Å². The lowest BCUT2D eigenvalue weighted by atomic mass is 10.1. The molecule has 0 radical (unpaired) electrons. The topological polar surface area (TPSA) is 61.7 Å². The maximum Gasteiger partial charge on any atom is 0.275 e. The van der Waals surface area contributed by atoms with Crippen molar-refractivity contribution in [1.29, 1.82) is 0 Å². The van der Waals surface area contributed by atoms with E-state index >= 15 is 0 Å². The Hall–Kier alpha value is -2.33. The molecule has 1 heterocycles. The lowest BCUT2D eigenvalue weighted by Crippen LogP contribution is -2.13. The minimum Gasteiger partial charge on any atom is -0.508 e. The van der Waals surface area contributed by atoms with E-state index in [-0.39, 0.29) is 11.7 Å². The molecule has 0 unspecified atom stereocenters. The van der Waals surface area contributed by atoms with Gasteiger partial charge in [-0.1, -0.05) is 11.6 Å². The summed E-state index contributed by atoms with van der Waals surface area (Å²) in [7, 11) is 0. The van der Waals surface area contributed by atoms with Crippen LogP contribution in [-0.2, 0) is 4.79 Å². The molecule has 0 saturated heterocycles. The minimum absolute atomic E-state index is 0.156. The molecule has 0 bridgehead atoms. The number of hydrogen-bond acceptors (Lipinski definition) is 3. The van der Waals surface area contributed by atoms with E-state index in [1.807, 2.05) is 0 Å². The van der Waals surface area contributed by atoms with Gasteiger partial charge in [0.05, 0.1) is 11.4 Å². The SMILES string of the molecule is O=C1Nc2ccc(Cl)cc2C1=Nc1ccc(O)cc1. The molecule has 0 fully saturated rings. The lowest BCUT2D eigenvalue weighted by Gasteiger charge is -1.99. The Morgan fingerprint density at radius 3 is 2.58 bits per heavy atom. The lowest BCUT2D eigenvalue weighted by molar-refractivity contribution is -0.110. The minimum atomic E-state index is -0.259. The quantitative estimate of drug-likeness (QED) is 0.838. The highest BCUT2D eigenvalue weighted by molar-refractivity contribution is 6.54. The number of carbonyl (C=O) groups excluding carboxylic acids is 1. The predicted octanol–water partition coefficient (Wildman–Crippen LogP) is 3.12. The third kappa shape index (κ3) is 2.18. The Kier molecular flexibility index (Phi) is 2.72. The van der Waals surface area contributed by atoms with Crippen LogP contribution in [-0.4, -0.2) is 16.7 Å². The number of phenols is 1. The monoisotopic (exact) mass is 272 g/mol. The number of benzene rings is 2. The highest BCUT2D eigenvalue weighted by atomic mass is 35.5. The van der Waals surface area contributed by atoms with Crippen molar-refractivity contribution in [2.45, 2.75) is 0 Å². The number of anilines is 1. The predicted molar refractivity (Wildman–Crippen MR) is 74.4 cm³/mol. The maximum absolute atomic E-state index is 11.9. The van der Waals surface area contributed by atoms with Gasteiger partial charge < -0.3 is 10.4 Å². The molecular weight excluding hydrogens is 264 g/mol. The number of phenolic OH excluding ortho intramolecular Hbond substituents is 1. The van der Waals surface area contributed by atoms with Gasteiger partial charge in [0.15, 0.2) is 0 Å². The number of rotatable bonds is 1. The van der Waals surface area contributed by atoms with Crippen LogP contribution in [0.25, 0.3) is 0 Å². The van der Waals surface area contributed by atoms with Crippen LogP contribution >= 0.6 is 11.6 Å². The van der Waals surface area contributed by atoms with Crippen LogP contribution in [0.2, 0.25) is 5.02 Å².